The van der Waals surface area contributed by atoms with Crippen molar-refractivity contribution in [2.75, 3.05) is 6.61 Å². The lowest BCUT2D eigenvalue weighted by Gasteiger charge is -2.10. The van der Waals surface area contributed by atoms with Gasteiger partial charge in [-0.2, -0.15) is 5.10 Å². The van der Waals surface area contributed by atoms with Crippen LogP contribution in [0.25, 0.3) is 22.2 Å². The Morgan fingerprint density at radius 1 is 1.27 bits per heavy atom. The SMILES string of the molecule is CCOC(=O)c1c(C)nn2c1ncc1c(=O)n(-c3cc([N+](=O)[O-])ccc3C)ccc12. The molecule has 0 saturated carbocycles. The van der Waals surface area contributed by atoms with Gasteiger partial charge in [-0.15, -0.1) is 0 Å². The lowest BCUT2D eigenvalue weighted by molar-refractivity contribution is -0.384. The van der Waals surface area contributed by atoms with Crippen LogP contribution in [0, 0.1) is 24.0 Å². The predicted octanol–water partition coefficient (Wildman–Crippen LogP) is 2.74. The summed E-state index contributed by atoms with van der Waals surface area (Å²) in [5.41, 5.74) is 2.03. The molecule has 4 rings (SSSR count). The average molecular weight is 407 g/mol. The number of nitro benzene ring substituents is 1. The number of esters is 1. The summed E-state index contributed by atoms with van der Waals surface area (Å²) in [6.07, 6.45) is 2.90. The Morgan fingerprint density at radius 3 is 2.73 bits per heavy atom. The topological polar surface area (TPSA) is 122 Å². The summed E-state index contributed by atoms with van der Waals surface area (Å²) in [6.45, 7) is 5.36. The first-order valence-corrected chi connectivity index (χ1v) is 9.15. The van der Waals surface area contributed by atoms with Crippen molar-refractivity contribution < 1.29 is 14.5 Å². The highest BCUT2D eigenvalue weighted by Gasteiger charge is 2.22. The maximum atomic E-state index is 13.2. The average Bonchev–Trinajstić information content (AvgIpc) is 3.05. The first kappa shape index (κ1) is 19.2. The first-order chi connectivity index (χ1) is 14.3. The van der Waals surface area contributed by atoms with Gasteiger partial charge in [0.15, 0.2) is 5.65 Å². The first-order valence-electron chi connectivity index (χ1n) is 9.15. The minimum absolute atomic E-state index is 0.113. The minimum Gasteiger partial charge on any atom is -0.462 e. The summed E-state index contributed by atoms with van der Waals surface area (Å²) >= 11 is 0. The van der Waals surface area contributed by atoms with Gasteiger partial charge in [0.1, 0.15) is 5.56 Å². The molecule has 0 aliphatic heterocycles. The summed E-state index contributed by atoms with van der Waals surface area (Å²) in [4.78, 5) is 40.3. The van der Waals surface area contributed by atoms with Gasteiger partial charge in [-0.3, -0.25) is 19.5 Å². The number of benzene rings is 1. The molecule has 0 radical (unpaired) electrons. The van der Waals surface area contributed by atoms with Crippen LogP contribution >= 0.6 is 0 Å². The predicted molar refractivity (Wildman–Crippen MR) is 108 cm³/mol. The zero-order chi connectivity index (χ0) is 21.6. The van der Waals surface area contributed by atoms with Crippen molar-refractivity contribution in [2.45, 2.75) is 20.8 Å². The fraction of sp³-hybridized carbons (Fsp3) is 0.200. The number of rotatable bonds is 4. The van der Waals surface area contributed by atoms with Crippen molar-refractivity contribution in [3.05, 3.63) is 73.9 Å². The molecule has 4 aromatic rings. The lowest BCUT2D eigenvalue weighted by Crippen LogP contribution is -2.20. The van der Waals surface area contributed by atoms with Crippen molar-refractivity contribution in [1.29, 1.82) is 0 Å². The Balaban J connectivity index is 1.96. The van der Waals surface area contributed by atoms with E-state index in [0.717, 1.165) is 0 Å². The number of ether oxygens (including phenoxy) is 1. The van der Waals surface area contributed by atoms with E-state index in [1.165, 1.54) is 33.6 Å². The Kier molecular flexibility index (Phi) is 4.53. The Bertz CT molecular complexity index is 1400. The van der Waals surface area contributed by atoms with E-state index < -0.39 is 16.5 Å². The summed E-state index contributed by atoms with van der Waals surface area (Å²) in [6, 6.07) is 5.99. The Labute approximate surface area is 169 Å². The highest BCUT2D eigenvalue weighted by atomic mass is 16.6. The normalized spacial score (nSPS) is 11.2. The van der Waals surface area contributed by atoms with Crippen LogP contribution in [-0.4, -0.2) is 36.7 Å². The molecule has 0 unspecified atom stereocenters. The molecule has 0 fully saturated rings. The zero-order valence-corrected chi connectivity index (χ0v) is 16.4. The maximum absolute atomic E-state index is 13.2. The van der Waals surface area contributed by atoms with Gasteiger partial charge >= 0.3 is 5.97 Å². The molecule has 0 saturated heterocycles. The number of carbonyl (C=O) groups excluding carboxylic acids is 1. The van der Waals surface area contributed by atoms with Crippen LogP contribution in [0.1, 0.15) is 28.5 Å². The van der Waals surface area contributed by atoms with Crippen molar-refractivity contribution in [1.82, 2.24) is 19.2 Å². The molecule has 30 heavy (non-hydrogen) atoms. The standard InChI is InChI=1S/C20H17N5O5/c1-4-30-20(27)17-12(3)22-24-15-7-8-23(19(26)14(15)10-21-18(17)24)16-9-13(25(28)29)6-5-11(16)2/h5-10H,4H2,1-3H3. The third-order valence-corrected chi connectivity index (χ3v) is 4.83. The molecular weight excluding hydrogens is 390 g/mol. The second-order valence-electron chi connectivity index (χ2n) is 6.69. The lowest BCUT2D eigenvalue weighted by atomic mass is 10.1. The molecule has 0 spiro atoms. The van der Waals surface area contributed by atoms with E-state index in [4.69, 9.17) is 4.74 Å². The molecule has 0 aliphatic rings. The van der Waals surface area contributed by atoms with E-state index >= 15 is 0 Å². The maximum Gasteiger partial charge on any atom is 0.343 e. The van der Waals surface area contributed by atoms with Crippen LogP contribution in [0.3, 0.4) is 0 Å². The van der Waals surface area contributed by atoms with Crippen LogP contribution in [0.4, 0.5) is 5.69 Å². The molecule has 152 valence electrons. The highest BCUT2D eigenvalue weighted by Crippen LogP contribution is 2.22. The summed E-state index contributed by atoms with van der Waals surface area (Å²) < 4.78 is 7.85. The van der Waals surface area contributed by atoms with Gasteiger partial charge in [0.05, 0.1) is 33.8 Å². The van der Waals surface area contributed by atoms with Crippen molar-refractivity contribution >= 4 is 28.2 Å². The molecule has 3 aromatic heterocycles. The fourth-order valence-corrected chi connectivity index (χ4v) is 3.38. The largest absolute Gasteiger partial charge is 0.462 e. The van der Waals surface area contributed by atoms with Gasteiger partial charge < -0.3 is 4.74 Å². The second kappa shape index (κ2) is 7.07. The van der Waals surface area contributed by atoms with Gasteiger partial charge in [-0.05, 0) is 32.4 Å². The van der Waals surface area contributed by atoms with E-state index in [0.29, 0.717) is 28.1 Å². The zero-order valence-electron chi connectivity index (χ0n) is 16.4. The van der Waals surface area contributed by atoms with Gasteiger partial charge in [-0.25, -0.2) is 14.3 Å². The number of nitro groups is 1. The number of pyridine rings is 1. The molecule has 1 aromatic carbocycles. The Morgan fingerprint density at radius 2 is 2.03 bits per heavy atom. The van der Waals surface area contributed by atoms with Gasteiger partial charge in [0, 0.05) is 24.5 Å². The fourth-order valence-electron chi connectivity index (χ4n) is 3.38. The van der Waals surface area contributed by atoms with Gasteiger partial charge in [0.25, 0.3) is 11.2 Å². The summed E-state index contributed by atoms with van der Waals surface area (Å²) in [7, 11) is 0. The number of nitrogens with zero attached hydrogens (tertiary/aromatic N) is 5. The van der Waals surface area contributed by atoms with Crippen LogP contribution in [-0.2, 0) is 4.74 Å². The van der Waals surface area contributed by atoms with Crippen molar-refractivity contribution in [3.63, 3.8) is 0 Å². The number of hydrogen-bond donors (Lipinski definition) is 0. The van der Waals surface area contributed by atoms with E-state index in [1.54, 1.807) is 32.9 Å². The smallest absolute Gasteiger partial charge is 0.343 e. The number of fused-ring (bicyclic) bond motifs is 3. The highest BCUT2D eigenvalue weighted by molar-refractivity contribution is 5.98. The molecule has 10 heteroatoms. The molecule has 3 heterocycles. The third kappa shape index (κ3) is 2.89. The summed E-state index contributed by atoms with van der Waals surface area (Å²) in [5, 5.41) is 15.8. The number of carbonyl (C=O) groups is 1. The quantitative estimate of drug-likeness (QED) is 0.290. The molecule has 10 nitrogen and oxygen atoms in total. The summed E-state index contributed by atoms with van der Waals surface area (Å²) in [5.74, 6) is -0.530. The van der Waals surface area contributed by atoms with Crippen molar-refractivity contribution in [2.24, 2.45) is 0 Å². The van der Waals surface area contributed by atoms with Crippen molar-refractivity contribution in [3.8, 4) is 5.69 Å². The second-order valence-corrected chi connectivity index (χ2v) is 6.69. The van der Waals surface area contributed by atoms with E-state index in [-0.39, 0.29) is 23.2 Å². The number of aryl methyl sites for hydroxylation is 2. The molecule has 0 N–H and O–H groups in total. The monoisotopic (exact) mass is 407 g/mol. The van der Waals surface area contributed by atoms with E-state index in [2.05, 4.69) is 10.1 Å². The van der Waals surface area contributed by atoms with Gasteiger partial charge in [0.2, 0.25) is 0 Å². The van der Waals surface area contributed by atoms with Gasteiger partial charge in [-0.1, -0.05) is 6.07 Å². The molecule has 0 bridgehead atoms. The molecule has 0 amide bonds. The minimum atomic E-state index is -0.530. The number of hydrogen-bond acceptors (Lipinski definition) is 7. The van der Waals surface area contributed by atoms with Crippen LogP contribution in [0.15, 0.2) is 41.5 Å². The third-order valence-electron chi connectivity index (χ3n) is 4.83. The van der Waals surface area contributed by atoms with E-state index in [9.17, 15) is 19.7 Å². The van der Waals surface area contributed by atoms with Crippen LogP contribution < -0.4 is 5.56 Å². The van der Waals surface area contributed by atoms with E-state index in [1.807, 2.05) is 0 Å². The van der Waals surface area contributed by atoms with Crippen LogP contribution in [0.2, 0.25) is 0 Å². The van der Waals surface area contributed by atoms with Crippen LogP contribution in [0.5, 0.6) is 0 Å². The molecule has 0 atom stereocenters. The molecule has 0 aliphatic carbocycles. The number of non-ortho nitro benzene ring substituents is 1. The Hall–Kier alpha value is -4.08. The number of aromatic nitrogens is 4. The molecular formula is C20H17N5O5.